The average Bonchev–Trinajstić information content (AvgIpc) is 1.69. The van der Waals surface area contributed by atoms with E-state index < -0.39 is 0 Å². The Kier molecular flexibility index (Phi) is 7.31. The molecule has 0 unspecified atom stereocenters. The van der Waals surface area contributed by atoms with Gasteiger partial charge in [0, 0.05) is 34.0 Å². The molecule has 0 saturated carbocycles. The molecule has 3 nitrogen and oxygen atoms in total. The second-order valence-corrected chi connectivity index (χ2v) is 1.23. The van der Waals surface area contributed by atoms with Gasteiger partial charge in [-0.2, -0.15) is 0 Å². The van der Waals surface area contributed by atoms with Crippen LogP contribution in [0, 0.1) is 0 Å². The quantitative estimate of drug-likeness (QED) is 0.514. The van der Waals surface area contributed by atoms with E-state index in [9.17, 15) is 4.79 Å². The van der Waals surface area contributed by atoms with Crippen molar-refractivity contribution in [3.63, 3.8) is 0 Å². The van der Waals surface area contributed by atoms with Crippen molar-refractivity contribution in [3.8, 4) is 0 Å². The Bertz CT molecular complexity index is 181. The van der Waals surface area contributed by atoms with Crippen LogP contribution < -0.4 is 5.56 Å². The number of H-pyrrole nitrogens is 1. The van der Waals surface area contributed by atoms with E-state index in [1.807, 2.05) is 0 Å². The predicted octanol–water partition coefficient (Wildman–Crippen LogP) is -0.452. The number of aromatic nitrogens is 1. The zero-order valence-electron chi connectivity index (χ0n) is 4.72. The van der Waals surface area contributed by atoms with Crippen molar-refractivity contribution in [2.75, 3.05) is 0 Å². The van der Waals surface area contributed by atoms with Crippen molar-refractivity contribution in [2.24, 2.45) is 0 Å². The molecule has 0 atom stereocenters. The number of hydrogen-bond donors (Lipinski definition) is 1. The molecule has 4 heteroatoms. The van der Waals surface area contributed by atoms with Crippen LogP contribution in [-0.2, 0) is 21.7 Å². The van der Waals surface area contributed by atoms with Crippen LogP contribution in [0.3, 0.4) is 0 Å². The SMILES string of the molecule is O.O=c1cccc[nH]1.[Ti]. The molecule has 1 rings (SSSR count). The summed E-state index contributed by atoms with van der Waals surface area (Å²) in [6.07, 6.45) is 1.60. The van der Waals surface area contributed by atoms with Gasteiger partial charge in [0.1, 0.15) is 0 Å². The molecule has 0 aliphatic carbocycles. The molecule has 1 aromatic heterocycles. The van der Waals surface area contributed by atoms with Gasteiger partial charge in [-0.05, 0) is 6.07 Å². The zero-order valence-corrected chi connectivity index (χ0v) is 6.28. The molecule has 0 amide bonds. The summed E-state index contributed by atoms with van der Waals surface area (Å²) in [6.45, 7) is 0. The van der Waals surface area contributed by atoms with Crippen molar-refractivity contribution >= 4 is 0 Å². The molecule has 0 aliphatic heterocycles. The molecule has 48 valence electrons. The molecular weight excluding hydrogens is 154 g/mol. The zero-order chi connectivity index (χ0) is 5.11. The summed E-state index contributed by atoms with van der Waals surface area (Å²) in [5, 5.41) is 0. The number of pyridine rings is 1. The third-order valence-electron chi connectivity index (χ3n) is 0.681. The Morgan fingerprint density at radius 3 is 2.22 bits per heavy atom. The van der Waals surface area contributed by atoms with Crippen LogP contribution in [0.2, 0.25) is 0 Å². The Labute approximate surface area is 67.3 Å². The maximum absolute atomic E-state index is 10.2. The monoisotopic (exact) mass is 161 g/mol. The minimum atomic E-state index is -0.0532. The van der Waals surface area contributed by atoms with Crippen molar-refractivity contribution in [3.05, 3.63) is 34.7 Å². The summed E-state index contributed by atoms with van der Waals surface area (Å²) in [7, 11) is 0. The molecule has 9 heavy (non-hydrogen) atoms. The van der Waals surface area contributed by atoms with E-state index in [1.165, 1.54) is 6.07 Å². The van der Waals surface area contributed by atoms with Crippen LogP contribution >= 0.6 is 0 Å². The van der Waals surface area contributed by atoms with Gasteiger partial charge in [-0.15, -0.1) is 0 Å². The van der Waals surface area contributed by atoms with E-state index in [0.717, 1.165) is 0 Å². The first kappa shape index (κ1) is 11.4. The molecule has 0 radical (unpaired) electrons. The molecular formula is C5H7NO2Ti. The average molecular weight is 161 g/mol. The minimum absolute atomic E-state index is 0. The van der Waals surface area contributed by atoms with Crippen LogP contribution in [0.25, 0.3) is 0 Å². The van der Waals surface area contributed by atoms with Crippen molar-refractivity contribution in [1.82, 2.24) is 4.98 Å². The van der Waals surface area contributed by atoms with Gasteiger partial charge in [-0.3, -0.25) is 4.79 Å². The number of rotatable bonds is 0. The second-order valence-electron chi connectivity index (χ2n) is 1.23. The minimum Gasteiger partial charge on any atom is -0.412 e. The van der Waals surface area contributed by atoms with Gasteiger partial charge >= 0.3 is 0 Å². The number of aromatic amines is 1. The summed E-state index contributed by atoms with van der Waals surface area (Å²) >= 11 is 0. The maximum Gasteiger partial charge on any atom is 0.247 e. The smallest absolute Gasteiger partial charge is 0.247 e. The van der Waals surface area contributed by atoms with Crippen LogP contribution in [0.4, 0.5) is 0 Å². The molecule has 0 aromatic carbocycles. The topological polar surface area (TPSA) is 64.4 Å². The van der Waals surface area contributed by atoms with Crippen LogP contribution in [-0.4, -0.2) is 10.5 Å². The fourth-order valence-corrected chi connectivity index (χ4v) is 0.377. The first-order valence-corrected chi connectivity index (χ1v) is 2.03. The van der Waals surface area contributed by atoms with Crippen molar-refractivity contribution < 1.29 is 27.2 Å². The van der Waals surface area contributed by atoms with E-state index in [1.54, 1.807) is 18.3 Å². The summed E-state index contributed by atoms with van der Waals surface area (Å²) in [5.41, 5.74) is -0.0532. The summed E-state index contributed by atoms with van der Waals surface area (Å²) in [4.78, 5) is 12.7. The number of nitrogens with one attached hydrogen (secondary N) is 1. The first-order chi connectivity index (χ1) is 3.39. The molecule has 3 N–H and O–H groups in total. The summed E-state index contributed by atoms with van der Waals surface area (Å²) in [6, 6.07) is 4.93. The van der Waals surface area contributed by atoms with E-state index in [0.29, 0.717) is 0 Å². The van der Waals surface area contributed by atoms with Crippen LogP contribution in [0.1, 0.15) is 0 Å². The molecule has 0 aliphatic rings. The fraction of sp³-hybridized carbons (Fsp3) is 0. The summed E-state index contributed by atoms with van der Waals surface area (Å²) in [5.74, 6) is 0. The van der Waals surface area contributed by atoms with Gasteiger partial charge in [-0.1, -0.05) is 6.07 Å². The van der Waals surface area contributed by atoms with Gasteiger partial charge in [0.15, 0.2) is 0 Å². The molecule has 0 spiro atoms. The maximum atomic E-state index is 10.2. The molecule has 0 bridgehead atoms. The van der Waals surface area contributed by atoms with Gasteiger partial charge in [-0.25, -0.2) is 0 Å². The molecule has 0 saturated heterocycles. The van der Waals surface area contributed by atoms with E-state index >= 15 is 0 Å². The summed E-state index contributed by atoms with van der Waals surface area (Å²) < 4.78 is 0. The Hall–Kier alpha value is -0.376. The van der Waals surface area contributed by atoms with Crippen molar-refractivity contribution in [2.45, 2.75) is 0 Å². The fourth-order valence-electron chi connectivity index (χ4n) is 0.377. The third kappa shape index (κ3) is 4.15. The third-order valence-corrected chi connectivity index (χ3v) is 0.681. The normalized spacial score (nSPS) is 6.67. The van der Waals surface area contributed by atoms with Crippen LogP contribution in [0.5, 0.6) is 0 Å². The van der Waals surface area contributed by atoms with Crippen molar-refractivity contribution in [1.29, 1.82) is 0 Å². The largest absolute Gasteiger partial charge is 0.412 e. The number of hydrogen-bond acceptors (Lipinski definition) is 1. The Morgan fingerprint density at radius 2 is 2.00 bits per heavy atom. The van der Waals surface area contributed by atoms with Gasteiger partial charge in [0.2, 0.25) is 5.56 Å². The molecule has 0 fully saturated rings. The van der Waals surface area contributed by atoms with E-state index in [-0.39, 0.29) is 32.8 Å². The van der Waals surface area contributed by atoms with E-state index in [2.05, 4.69) is 4.98 Å². The first-order valence-electron chi connectivity index (χ1n) is 2.03. The van der Waals surface area contributed by atoms with Gasteiger partial charge in [0.05, 0.1) is 0 Å². The Morgan fingerprint density at radius 1 is 1.33 bits per heavy atom. The predicted molar refractivity (Wildman–Crippen MR) is 30.7 cm³/mol. The second kappa shape index (κ2) is 5.76. The molecule has 1 heterocycles. The molecule has 1 aromatic rings. The van der Waals surface area contributed by atoms with Gasteiger partial charge < -0.3 is 10.5 Å². The standard InChI is InChI=1S/C5H5NO.H2O.Ti/c7-5-3-1-2-4-6-5;;/h1-4H,(H,6,7);1H2;. The van der Waals surface area contributed by atoms with E-state index in [4.69, 9.17) is 0 Å². The van der Waals surface area contributed by atoms with Crippen LogP contribution in [0.15, 0.2) is 29.2 Å². The van der Waals surface area contributed by atoms with Gasteiger partial charge in [0.25, 0.3) is 0 Å². The Balaban J connectivity index is 0.